The van der Waals surface area contributed by atoms with Crippen molar-refractivity contribution in [2.75, 3.05) is 23.5 Å². The van der Waals surface area contributed by atoms with E-state index in [0.29, 0.717) is 6.54 Å². The fraction of sp³-hybridized carbons (Fsp3) is 0.538. The van der Waals surface area contributed by atoms with Crippen LogP contribution in [-0.2, 0) is 6.18 Å². The van der Waals surface area contributed by atoms with Crippen molar-refractivity contribution in [2.45, 2.75) is 25.1 Å². The molecule has 0 bridgehead atoms. The standard InChI is InChI=1S/C13H14F3N3S/c1-20-8-10-3-2-6-19(10)12-9(7-17)4-5-11(18-12)13(14,15)16/h4-5,10H,2-3,6,8H2,1H3. The molecule has 0 radical (unpaired) electrons. The summed E-state index contributed by atoms with van der Waals surface area (Å²) in [5.74, 6) is 0.988. The van der Waals surface area contributed by atoms with E-state index in [2.05, 4.69) is 4.98 Å². The maximum atomic E-state index is 12.8. The molecular weight excluding hydrogens is 287 g/mol. The summed E-state index contributed by atoms with van der Waals surface area (Å²) in [6.45, 7) is 0.647. The summed E-state index contributed by atoms with van der Waals surface area (Å²) >= 11 is 1.65. The van der Waals surface area contributed by atoms with Gasteiger partial charge in [-0.15, -0.1) is 0 Å². The van der Waals surface area contributed by atoms with Crippen LogP contribution >= 0.6 is 11.8 Å². The number of nitriles is 1. The van der Waals surface area contributed by atoms with Crippen LogP contribution in [0.2, 0.25) is 0 Å². The van der Waals surface area contributed by atoms with Gasteiger partial charge < -0.3 is 4.90 Å². The summed E-state index contributed by atoms with van der Waals surface area (Å²) in [5, 5.41) is 9.09. The Bertz CT molecular complexity index is 525. The van der Waals surface area contributed by atoms with E-state index in [4.69, 9.17) is 5.26 Å². The van der Waals surface area contributed by atoms with Crippen molar-refractivity contribution >= 4 is 17.6 Å². The van der Waals surface area contributed by atoms with Gasteiger partial charge in [-0.2, -0.15) is 30.2 Å². The number of hydrogen-bond acceptors (Lipinski definition) is 4. The van der Waals surface area contributed by atoms with Crippen molar-refractivity contribution in [2.24, 2.45) is 0 Å². The van der Waals surface area contributed by atoms with Crippen molar-refractivity contribution in [3.63, 3.8) is 0 Å². The second kappa shape index (κ2) is 5.92. The molecule has 1 unspecified atom stereocenters. The highest BCUT2D eigenvalue weighted by molar-refractivity contribution is 7.98. The number of rotatable bonds is 3. The van der Waals surface area contributed by atoms with E-state index in [1.807, 2.05) is 17.2 Å². The second-order valence-corrected chi connectivity index (χ2v) is 5.53. The zero-order chi connectivity index (χ0) is 14.8. The summed E-state index contributed by atoms with van der Waals surface area (Å²) in [5.41, 5.74) is -0.743. The van der Waals surface area contributed by atoms with Gasteiger partial charge in [0.2, 0.25) is 0 Å². The van der Waals surface area contributed by atoms with Gasteiger partial charge in [-0.25, -0.2) is 4.98 Å². The summed E-state index contributed by atoms with van der Waals surface area (Å²) in [6.07, 6.45) is -0.698. The molecule has 20 heavy (non-hydrogen) atoms. The van der Waals surface area contributed by atoms with Gasteiger partial charge in [-0.05, 0) is 31.2 Å². The lowest BCUT2D eigenvalue weighted by Gasteiger charge is -2.26. The quantitative estimate of drug-likeness (QED) is 0.859. The average Bonchev–Trinajstić information content (AvgIpc) is 2.85. The van der Waals surface area contributed by atoms with Crippen LogP contribution in [0.4, 0.5) is 19.0 Å². The number of thioether (sulfide) groups is 1. The molecule has 0 saturated carbocycles. The third-order valence-electron chi connectivity index (χ3n) is 3.29. The van der Waals surface area contributed by atoms with Gasteiger partial charge in [-0.3, -0.25) is 0 Å². The first-order chi connectivity index (χ1) is 9.47. The van der Waals surface area contributed by atoms with Crippen molar-refractivity contribution in [1.29, 1.82) is 5.26 Å². The lowest BCUT2D eigenvalue weighted by molar-refractivity contribution is -0.141. The Hall–Kier alpha value is -1.42. The Balaban J connectivity index is 2.41. The van der Waals surface area contributed by atoms with E-state index in [1.165, 1.54) is 6.07 Å². The predicted molar refractivity (Wildman–Crippen MR) is 72.7 cm³/mol. The first kappa shape index (κ1) is 15.0. The van der Waals surface area contributed by atoms with Crippen LogP contribution in [0.25, 0.3) is 0 Å². The Morgan fingerprint density at radius 1 is 1.50 bits per heavy atom. The molecular formula is C13H14F3N3S. The summed E-state index contributed by atoms with van der Waals surface area (Å²) in [7, 11) is 0. The van der Waals surface area contributed by atoms with Gasteiger partial charge in [0.1, 0.15) is 17.6 Å². The third kappa shape index (κ3) is 3.01. The van der Waals surface area contributed by atoms with Crippen molar-refractivity contribution in [3.05, 3.63) is 23.4 Å². The molecule has 0 aromatic carbocycles. The molecule has 1 fully saturated rings. The molecule has 0 amide bonds. The molecule has 1 aliphatic rings. The highest BCUT2D eigenvalue weighted by Gasteiger charge is 2.35. The molecule has 1 aliphatic heterocycles. The molecule has 1 aromatic rings. The van der Waals surface area contributed by atoms with Gasteiger partial charge in [0.15, 0.2) is 0 Å². The second-order valence-electron chi connectivity index (χ2n) is 4.62. The minimum absolute atomic E-state index is 0.146. The van der Waals surface area contributed by atoms with Gasteiger partial charge in [0.25, 0.3) is 0 Å². The Morgan fingerprint density at radius 3 is 2.85 bits per heavy atom. The molecule has 1 atom stereocenters. The summed E-state index contributed by atoms with van der Waals surface area (Å²) < 4.78 is 38.3. The number of nitrogens with zero attached hydrogens (tertiary/aromatic N) is 3. The van der Waals surface area contributed by atoms with Gasteiger partial charge in [0.05, 0.1) is 5.56 Å². The molecule has 0 aliphatic carbocycles. The molecule has 2 rings (SSSR count). The van der Waals surface area contributed by atoms with Crippen LogP contribution in [0.3, 0.4) is 0 Å². The minimum Gasteiger partial charge on any atom is -0.352 e. The largest absolute Gasteiger partial charge is 0.433 e. The molecule has 0 N–H and O–H groups in total. The summed E-state index contributed by atoms with van der Waals surface area (Å²) in [6, 6.07) is 4.15. The van der Waals surface area contributed by atoms with E-state index in [1.54, 1.807) is 11.8 Å². The molecule has 7 heteroatoms. The maximum Gasteiger partial charge on any atom is 0.433 e. The monoisotopic (exact) mass is 301 g/mol. The Labute approximate surface area is 119 Å². The van der Waals surface area contributed by atoms with Crippen LogP contribution < -0.4 is 4.90 Å². The molecule has 1 saturated heterocycles. The number of pyridine rings is 1. The van der Waals surface area contributed by atoms with E-state index in [0.717, 1.165) is 24.7 Å². The fourth-order valence-corrected chi connectivity index (χ4v) is 3.12. The van der Waals surface area contributed by atoms with E-state index >= 15 is 0 Å². The lowest BCUT2D eigenvalue weighted by atomic mass is 10.2. The SMILES string of the molecule is CSCC1CCCN1c1nc(C(F)(F)F)ccc1C#N. The number of hydrogen-bond donors (Lipinski definition) is 0. The van der Waals surface area contributed by atoms with Crippen LogP contribution in [0.1, 0.15) is 24.1 Å². The molecule has 108 valence electrons. The number of halogens is 3. The molecule has 3 nitrogen and oxygen atoms in total. The van der Waals surface area contributed by atoms with Gasteiger partial charge >= 0.3 is 6.18 Å². The molecule has 2 heterocycles. The van der Waals surface area contributed by atoms with E-state index in [9.17, 15) is 13.2 Å². The fourth-order valence-electron chi connectivity index (χ4n) is 2.39. The Kier molecular flexibility index (Phi) is 4.43. The summed E-state index contributed by atoms with van der Waals surface area (Å²) in [4.78, 5) is 5.54. The van der Waals surface area contributed by atoms with E-state index in [-0.39, 0.29) is 17.4 Å². The first-order valence-corrected chi connectivity index (χ1v) is 7.60. The third-order valence-corrected chi connectivity index (χ3v) is 4.01. The topological polar surface area (TPSA) is 39.9 Å². The predicted octanol–water partition coefficient (Wildman–Crippen LogP) is 3.30. The van der Waals surface area contributed by atoms with Crippen LogP contribution in [0, 0.1) is 11.3 Å². The van der Waals surface area contributed by atoms with Crippen LogP contribution in [0.5, 0.6) is 0 Å². The number of aromatic nitrogens is 1. The van der Waals surface area contributed by atoms with Crippen molar-refractivity contribution in [1.82, 2.24) is 4.98 Å². The zero-order valence-electron chi connectivity index (χ0n) is 10.9. The highest BCUT2D eigenvalue weighted by Crippen LogP contribution is 2.33. The maximum absolute atomic E-state index is 12.8. The molecule has 0 spiro atoms. The van der Waals surface area contributed by atoms with Crippen molar-refractivity contribution < 1.29 is 13.2 Å². The van der Waals surface area contributed by atoms with E-state index < -0.39 is 11.9 Å². The zero-order valence-corrected chi connectivity index (χ0v) is 11.8. The van der Waals surface area contributed by atoms with Crippen molar-refractivity contribution in [3.8, 4) is 6.07 Å². The number of anilines is 1. The van der Waals surface area contributed by atoms with Gasteiger partial charge in [-0.1, -0.05) is 0 Å². The van der Waals surface area contributed by atoms with Crippen LogP contribution in [-0.4, -0.2) is 29.6 Å². The lowest BCUT2D eigenvalue weighted by Crippen LogP contribution is -2.33. The number of alkyl halides is 3. The normalized spacial score (nSPS) is 19.1. The first-order valence-electron chi connectivity index (χ1n) is 6.21. The minimum atomic E-state index is -4.49. The molecule has 1 aromatic heterocycles. The van der Waals surface area contributed by atoms with Gasteiger partial charge in [0, 0.05) is 18.3 Å². The highest BCUT2D eigenvalue weighted by atomic mass is 32.2. The average molecular weight is 301 g/mol. The smallest absolute Gasteiger partial charge is 0.352 e. The van der Waals surface area contributed by atoms with Crippen LogP contribution in [0.15, 0.2) is 12.1 Å². The Morgan fingerprint density at radius 2 is 2.25 bits per heavy atom.